The van der Waals surface area contributed by atoms with Crippen molar-refractivity contribution < 1.29 is 14.6 Å². The Balaban J connectivity index is 1.67. The van der Waals surface area contributed by atoms with E-state index in [0.29, 0.717) is 13.1 Å². The first-order valence-corrected chi connectivity index (χ1v) is 9.32. The van der Waals surface area contributed by atoms with Crippen molar-refractivity contribution in [2.75, 3.05) is 19.7 Å². The molecule has 0 saturated carbocycles. The lowest BCUT2D eigenvalue weighted by molar-refractivity contribution is 0.0472. The second-order valence-electron chi connectivity index (χ2n) is 8.10. The van der Waals surface area contributed by atoms with Gasteiger partial charge in [0.1, 0.15) is 11.4 Å². The highest BCUT2D eigenvalue weighted by atomic mass is 16.5. The van der Waals surface area contributed by atoms with Crippen LogP contribution in [0.25, 0.3) is 0 Å². The first-order valence-electron chi connectivity index (χ1n) is 9.32. The minimum absolute atomic E-state index is 0.00987. The molecular formula is C20H30N2O3. The maximum absolute atomic E-state index is 12.8. The molecule has 1 aromatic rings. The number of nitrogens with one attached hydrogen (secondary N) is 1. The highest BCUT2D eigenvalue weighted by molar-refractivity contribution is 5.75. The van der Waals surface area contributed by atoms with Gasteiger partial charge in [0.25, 0.3) is 0 Å². The number of hydrogen-bond donors (Lipinski definition) is 2. The summed E-state index contributed by atoms with van der Waals surface area (Å²) in [5, 5.41) is 12.9. The van der Waals surface area contributed by atoms with Gasteiger partial charge in [0, 0.05) is 31.7 Å². The van der Waals surface area contributed by atoms with Crippen LogP contribution in [0.15, 0.2) is 24.3 Å². The van der Waals surface area contributed by atoms with Crippen molar-refractivity contribution in [2.45, 2.75) is 58.1 Å². The maximum Gasteiger partial charge on any atom is 0.317 e. The summed E-state index contributed by atoms with van der Waals surface area (Å²) in [6, 6.07) is 7.89. The summed E-state index contributed by atoms with van der Waals surface area (Å²) in [5.74, 6) is 0.855. The minimum atomic E-state index is -0.303. The molecule has 1 atom stereocenters. The molecule has 0 aromatic heterocycles. The van der Waals surface area contributed by atoms with Crippen LogP contribution in [0.5, 0.6) is 5.75 Å². The van der Waals surface area contributed by atoms with Crippen molar-refractivity contribution >= 4 is 6.03 Å². The molecule has 0 aliphatic carbocycles. The third-order valence-electron chi connectivity index (χ3n) is 5.87. The number of piperidine rings is 1. The maximum atomic E-state index is 12.8. The summed E-state index contributed by atoms with van der Waals surface area (Å²) in [6.45, 7) is 7.84. The molecule has 2 aliphatic rings. The molecule has 1 aromatic carbocycles. The van der Waals surface area contributed by atoms with Gasteiger partial charge in [-0.1, -0.05) is 25.1 Å². The van der Waals surface area contributed by atoms with E-state index in [9.17, 15) is 9.90 Å². The molecule has 5 nitrogen and oxygen atoms in total. The molecule has 0 spiro atoms. The molecule has 2 amide bonds. The molecule has 2 heterocycles. The van der Waals surface area contributed by atoms with E-state index in [-0.39, 0.29) is 29.7 Å². The monoisotopic (exact) mass is 346 g/mol. The fraction of sp³-hybridized carbons (Fsp3) is 0.650. The lowest BCUT2D eigenvalue weighted by Gasteiger charge is -2.42. The largest absolute Gasteiger partial charge is 0.487 e. The fourth-order valence-electron chi connectivity index (χ4n) is 3.98. The molecule has 1 unspecified atom stereocenters. The van der Waals surface area contributed by atoms with Gasteiger partial charge < -0.3 is 20.1 Å². The number of para-hydroxylation sites is 1. The van der Waals surface area contributed by atoms with Gasteiger partial charge >= 0.3 is 6.03 Å². The number of carbonyl (C=O) groups is 1. The van der Waals surface area contributed by atoms with Crippen molar-refractivity contribution in [1.82, 2.24) is 10.2 Å². The van der Waals surface area contributed by atoms with Gasteiger partial charge in [0.15, 0.2) is 0 Å². The van der Waals surface area contributed by atoms with Crippen molar-refractivity contribution in [3.05, 3.63) is 29.8 Å². The van der Waals surface area contributed by atoms with Gasteiger partial charge in [-0.3, -0.25) is 0 Å². The predicted molar refractivity (Wildman–Crippen MR) is 97.7 cm³/mol. The number of fused-ring (bicyclic) bond motifs is 1. The summed E-state index contributed by atoms with van der Waals surface area (Å²) in [5.41, 5.74) is 0.734. The van der Waals surface area contributed by atoms with Crippen LogP contribution in [-0.4, -0.2) is 41.3 Å². The number of rotatable bonds is 3. The van der Waals surface area contributed by atoms with Gasteiger partial charge in [-0.2, -0.15) is 0 Å². The van der Waals surface area contributed by atoms with Crippen molar-refractivity contribution in [3.63, 3.8) is 0 Å². The lowest BCUT2D eigenvalue weighted by atomic mass is 9.77. The van der Waals surface area contributed by atoms with Gasteiger partial charge in [0.05, 0.1) is 6.04 Å². The van der Waals surface area contributed by atoms with Gasteiger partial charge in [-0.05, 0) is 44.6 Å². The van der Waals surface area contributed by atoms with Crippen LogP contribution >= 0.6 is 0 Å². The van der Waals surface area contributed by atoms with Gasteiger partial charge in [-0.15, -0.1) is 0 Å². The molecule has 0 radical (unpaired) electrons. The summed E-state index contributed by atoms with van der Waals surface area (Å²) in [4.78, 5) is 14.7. The molecule has 25 heavy (non-hydrogen) atoms. The smallest absolute Gasteiger partial charge is 0.317 e. The topological polar surface area (TPSA) is 61.8 Å². The summed E-state index contributed by atoms with van der Waals surface area (Å²) in [7, 11) is 0. The molecule has 2 aliphatic heterocycles. The zero-order valence-electron chi connectivity index (χ0n) is 15.5. The van der Waals surface area contributed by atoms with Crippen molar-refractivity contribution in [1.29, 1.82) is 0 Å². The van der Waals surface area contributed by atoms with Crippen LogP contribution in [0, 0.1) is 5.41 Å². The van der Waals surface area contributed by atoms with E-state index >= 15 is 0 Å². The van der Waals surface area contributed by atoms with Crippen LogP contribution in [0.4, 0.5) is 4.79 Å². The van der Waals surface area contributed by atoms with E-state index < -0.39 is 0 Å². The molecule has 138 valence electrons. The number of hydrogen-bond acceptors (Lipinski definition) is 3. The first kappa shape index (κ1) is 18.1. The van der Waals surface area contributed by atoms with E-state index in [1.54, 1.807) is 0 Å². The standard InChI is InChI=1S/C20H30N2O3/c1-4-20(14-23)9-11-22(12-10-20)18(24)21-16-13-19(2,3)25-17-8-6-5-7-15(16)17/h5-8,16,23H,4,9-14H2,1-3H3,(H,21,24). The number of nitrogens with zero attached hydrogens (tertiary/aromatic N) is 1. The predicted octanol–water partition coefficient (Wildman–Crippen LogP) is 3.48. The Kier molecular flexibility index (Phi) is 4.96. The Labute approximate surface area is 150 Å². The Hall–Kier alpha value is -1.75. The fourth-order valence-corrected chi connectivity index (χ4v) is 3.98. The van der Waals surface area contributed by atoms with Gasteiger partial charge in [-0.25, -0.2) is 4.79 Å². The zero-order valence-corrected chi connectivity index (χ0v) is 15.5. The van der Waals surface area contributed by atoms with Crippen LogP contribution in [-0.2, 0) is 0 Å². The first-order chi connectivity index (χ1) is 11.9. The SMILES string of the molecule is CCC1(CO)CCN(C(=O)NC2CC(C)(C)Oc3ccccc32)CC1. The van der Waals surface area contributed by atoms with E-state index in [4.69, 9.17) is 4.74 Å². The summed E-state index contributed by atoms with van der Waals surface area (Å²) < 4.78 is 6.04. The molecular weight excluding hydrogens is 316 g/mol. The molecule has 2 N–H and O–H groups in total. The van der Waals surface area contributed by atoms with Gasteiger partial charge in [0.2, 0.25) is 0 Å². The molecule has 3 rings (SSSR count). The van der Waals surface area contributed by atoms with Crippen LogP contribution in [0.3, 0.4) is 0 Å². The summed E-state index contributed by atoms with van der Waals surface area (Å²) >= 11 is 0. The second-order valence-corrected chi connectivity index (χ2v) is 8.10. The lowest BCUT2D eigenvalue weighted by Crippen LogP contribution is -2.50. The number of aliphatic hydroxyl groups is 1. The summed E-state index contributed by atoms with van der Waals surface area (Å²) in [6.07, 6.45) is 3.44. The number of ether oxygens (including phenoxy) is 1. The van der Waals surface area contributed by atoms with Crippen LogP contribution in [0.1, 0.15) is 58.1 Å². The quantitative estimate of drug-likeness (QED) is 0.881. The minimum Gasteiger partial charge on any atom is -0.487 e. The average Bonchev–Trinajstić information content (AvgIpc) is 2.60. The highest BCUT2D eigenvalue weighted by Crippen LogP contribution is 2.39. The third-order valence-corrected chi connectivity index (χ3v) is 5.87. The number of amides is 2. The normalized spacial score (nSPS) is 24.2. The number of likely N-dealkylation sites (tertiary alicyclic amines) is 1. The number of carbonyl (C=O) groups excluding carboxylic acids is 1. The molecule has 1 fully saturated rings. The van der Waals surface area contributed by atoms with Crippen LogP contribution in [0.2, 0.25) is 0 Å². The van der Waals surface area contributed by atoms with Crippen LogP contribution < -0.4 is 10.1 Å². The molecule has 1 saturated heterocycles. The average molecular weight is 346 g/mol. The second kappa shape index (κ2) is 6.87. The number of benzene rings is 1. The van der Waals surface area contributed by atoms with Crippen molar-refractivity contribution in [3.8, 4) is 5.75 Å². The number of urea groups is 1. The highest BCUT2D eigenvalue weighted by Gasteiger charge is 2.37. The zero-order chi connectivity index (χ0) is 18.1. The van der Waals surface area contributed by atoms with E-state index in [1.165, 1.54) is 0 Å². The Morgan fingerprint density at radius 1 is 1.32 bits per heavy atom. The Bertz CT molecular complexity index is 615. The molecule has 0 bridgehead atoms. The Morgan fingerprint density at radius 3 is 2.64 bits per heavy atom. The molecule has 5 heteroatoms. The van der Waals surface area contributed by atoms with E-state index in [2.05, 4.69) is 26.1 Å². The van der Waals surface area contributed by atoms with Crippen molar-refractivity contribution in [2.24, 2.45) is 5.41 Å². The Morgan fingerprint density at radius 2 is 2.00 bits per heavy atom. The number of aliphatic hydroxyl groups excluding tert-OH is 1. The third kappa shape index (κ3) is 3.76. The van der Waals surface area contributed by atoms with E-state index in [1.807, 2.05) is 29.2 Å². The van der Waals surface area contributed by atoms with E-state index in [0.717, 1.165) is 37.0 Å².